The van der Waals surface area contributed by atoms with E-state index in [0.29, 0.717) is 28.6 Å². The lowest BCUT2D eigenvalue weighted by Gasteiger charge is -2.31. The van der Waals surface area contributed by atoms with E-state index in [-0.39, 0.29) is 17.1 Å². The summed E-state index contributed by atoms with van der Waals surface area (Å²) in [7, 11) is 0. The summed E-state index contributed by atoms with van der Waals surface area (Å²) in [5, 5.41) is 17.1. The maximum Gasteiger partial charge on any atom is 0.288 e. The van der Waals surface area contributed by atoms with Crippen LogP contribution in [0.2, 0.25) is 0 Å². The number of thioether (sulfide) groups is 1. The number of allylic oxidation sites excluding steroid dienone is 1. The molecule has 2 heterocycles. The maximum absolute atomic E-state index is 13.7. The Morgan fingerprint density at radius 2 is 1.62 bits per heavy atom. The van der Waals surface area contributed by atoms with Gasteiger partial charge in [0.15, 0.2) is 5.03 Å². The van der Waals surface area contributed by atoms with Gasteiger partial charge in [-0.25, -0.2) is 9.82 Å². The zero-order valence-electron chi connectivity index (χ0n) is 19.3. The van der Waals surface area contributed by atoms with Crippen LogP contribution < -0.4 is 11.2 Å². The van der Waals surface area contributed by atoms with Gasteiger partial charge in [-0.1, -0.05) is 72.4 Å². The minimum atomic E-state index is -1.09. The molecule has 3 aliphatic rings. The van der Waals surface area contributed by atoms with Crippen LogP contribution >= 0.6 is 11.8 Å². The predicted molar refractivity (Wildman–Crippen MR) is 139 cm³/mol. The topological polar surface area (TPSA) is 114 Å². The number of carbonyl (C=O) groups is 1. The number of benzene rings is 3. The fourth-order valence-corrected chi connectivity index (χ4v) is 6.25. The van der Waals surface area contributed by atoms with Gasteiger partial charge in [-0.2, -0.15) is 5.10 Å². The van der Waals surface area contributed by atoms with Crippen LogP contribution in [0.4, 0.5) is 4.39 Å². The molecule has 184 valence electrons. The highest BCUT2D eigenvalue weighted by Crippen LogP contribution is 2.46. The molecular formula is C27H20FN5O3S. The van der Waals surface area contributed by atoms with Crippen molar-refractivity contribution >= 4 is 23.4 Å². The molecule has 8 nitrogen and oxygen atoms in total. The van der Waals surface area contributed by atoms with E-state index in [2.05, 4.69) is 10.5 Å². The van der Waals surface area contributed by atoms with Gasteiger partial charge in [0.25, 0.3) is 11.6 Å². The summed E-state index contributed by atoms with van der Waals surface area (Å²) in [5.74, 6) is -1.51. The number of hydrogen-bond donors (Lipinski definition) is 2. The second-order valence-electron chi connectivity index (χ2n) is 8.72. The van der Waals surface area contributed by atoms with Crippen molar-refractivity contribution in [2.45, 2.75) is 5.92 Å². The van der Waals surface area contributed by atoms with Crippen molar-refractivity contribution < 1.29 is 14.1 Å². The number of nitrogens with zero attached hydrogens (tertiary/aromatic N) is 3. The van der Waals surface area contributed by atoms with E-state index < -0.39 is 22.6 Å². The highest BCUT2D eigenvalue weighted by Gasteiger charge is 2.46. The standard InChI is InChI=1S/C27H20FN5O3S/c28-16-11-9-15(10-12-16)21-22(25(29)32-13-14-37-27(32)24(21)33(35)36)26(34)31-30-23-19-7-3-1-5-17(19)18-6-2-4-8-20(18)23/h1-12,21H,13-14,29H2,(H,31,34). The highest BCUT2D eigenvalue weighted by molar-refractivity contribution is 8.03. The molecule has 0 radical (unpaired) electrons. The molecule has 0 spiro atoms. The molecule has 2 aliphatic heterocycles. The van der Waals surface area contributed by atoms with Crippen molar-refractivity contribution in [1.82, 2.24) is 10.3 Å². The molecule has 3 aromatic carbocycles. The Morgan fingerprint density at radius 3 is 2.22 bits per heavy atom. The lowest BCUT2D eigenvalue weighted by atomic mass is 9.85. The lowest BCUT2D eigenvalue weighted by molar-refractivity contribution is -0.430. The van der Waals surface area contributed by atoms with Crippen LogP contribution in [0, 0.1) is 15.9 Å². The molecule has 6 rings (SSSR count). The number of hydrogen-bond acceptors (Lipinski definition) is 7. The second-order valence-corrected chi connectivity index (χ2v) is 9.81. The summed E-state index contributed by atoms with van der Waals surface area (Å²) < 4.78 is 13.7. The quantitative estimate of drug-likeness (QED) is 0.313. The van der Waals surface area contributed by atoms with Crippen molar-refractivity contribution in [3.8, 4) is 11.1 Å². The van der Waals surface area contributed by atoms with Crippen LogP contribution in [-0.2, 0) is 4.79 Å². The molecule has 1 aliphatic carbocycles. The van der Waals surface area contributed by atoms with E-state index in [1.807, 2.05) is 48.5 Å². The van der Waals surface area contributed by atoms with E-state index in [1.165, 1.54) is 36.0 Å². The molecular weight excluding hydrogens is 493 g/mol. The first-order chi connectivity index (χ1) is 18.0. The summed E-state index contributed by atoms with van der Waals surface area (Å²) in [6, 6.07) is 20.8. The number of nitro groups is 1. The van der Waals surface area contributed by atoms with Gasteiger partial charge in [-0.05, 0) is 28.8 Å². The van der Waals surface area contributed by atoms with Crippen molar-refractivity contribution in [3.05, 3.63) is 128 Å². The zero-order chi connectivity index (χ0) is 25.7. The fraction of sp³-hybridized carbons (Fsp3) is 0.111. The van der Waals surface area contributed by atoms with Gasteiger partial charge in [0.1, 0.15) is 17.6 Å². The van der Waals surface area contributed by atoms with Gasteiger partial charge in [-0.3, -0.25) is 14.9 Å². The van der Waals surface area contributed by atoms with E-state index in [1.54, 1.807) is 4.90 Å². The molecule has 0 bridgehead atoms. The maximum atomic E-state index is 13.7. The number of nitrogens with two attached hydrogens (primary N) is 1. The molecule has 3 aromatic rings. The van der Waals surface area contributed by atoms with E-state index in [4.69, 9.17) is 5.73 Å². The highest BCUT2D eigenvalue weighted by atomic mass is 32.2. The van der Waals surface area contributed by atoms with E-state index in [0.717, 1.165) is 22.3 Å². The molecule has 0 aromatic heterocycles. The monoisotopic (exact) mass is 513 g/mol. The summed E-state index contributed by atoms with van der Waals surface area (Å²) >= 11 is 1.32. The Balaban J connectivity index is 1.44. The van der Waals surface area contributed by atoms with Crippen LogP contribution in [0.5, 0.6) is 0 Å². The van der Waals surface area contributed by atoms with Gasteiger partial charge >= 0.3 is 0 Å². The molecule has 0 saturated carbocycles. The van der Waals surface area contributed by atoms with E-state index in [9.17, 15) is 19.3 Å². The van der Waals surface area contributed by atoms with Crippen molar-refractivity contribution in [2.75, 3.05) is 12.3 Å². The smallest absolute Gasteiger partial charge is 0.288 e. The van der Waals surface area contributed by atoms with Gasteiger partial charge in [0.2, 0.25) is 0 Å². The van der Waals surface area contributed by atoms with Crippen molar-refractivity contribution in [1.29, 1.82) is 0 Å². The third-order valence-corrected chi connectivity index (χ3v) is 7.80. The number of carbonyl (C=O) groups excluding carboxylic acids is 1. The Hall–Kier alpha value is -4.44. The number of nitrogens with one attached hydrogen (secondary N) is 1. The Bertz CT molecular complexity index is 1520. The number of hydrazone groups is 1. The Kier molecular flexibility index (Phi) is 5.53. The predicted octanol–water partition coefficient (Wildman–Crippen LogP) is 4.14. The normalized spacial score (nSPS) is 17.9. The van der Waals surface area contributed by atoms with Crippen LogP contribution in [0.25, 0.3) is 11.1 Å². The molecule has 1 fully saturated rings. The van der Waals surface area contributed by atoms with Gasteiger partial charge in [0, 0.05) is 23.4 Å². The average Bonchev–Trinajstić information content (AvgIpc) is 3.51. The zero-order valence-corrected chi connectivity index (χ0v) is 20.2. The van der Waals surface area contributed by atoms with Gasteiger partial charge < -0.3 is 10.6 Å². The summed E-state index contributed by atoms with van der Waals surface area (Å²) in [6.45, 7) is 0.436. The van der Waals surface area contributed by atoms with Gasteiger partial charge in [-0.15, -0.1) is 0 Å². The lowest BCUT2D eigenvalue weighted by Crippen LogP contribution is -2.39. The van der Waals surface area contributed by atoms with Crippen LogP contribution in [-0.4, -0.2) is 33.7 Å². The molecule has 37 heavy (non-hydrogen) atoms. The molecule has 1 amide bonds. The number of amides is 1. The molecule has 1 atom stereocenters. The molecule has 1 saturated heterocycles. The Morgan fingerprint density at radius 1 is 1.03 bits per heavy atom. The number of halogens is 1. The average molecular weight is 514 g/mol. The fourth-order valence-electron chi connectivity index (χ4n) is 5.10. The summed E-state index contributed by atoms with van der Waals surface area (Å²) in [5.41, 5.74) is 13.7. The molecule has 3 N–H and O–H groups in total. The summed E-state index contributed by atoms with van der Waals surface area (Å²) in [4.78, 5) is 27.1. The molecule has 1 unspecified atom stereocenters. The third kappa shape index (κ3) is 3.68. The minimum absolute atomic E-state index is 0.00785. The number of rotatable bonds is 4. The third-order valence-electron chi connectivity index (χ3n) is 6.72. The second kappa shape index (κ2) is 8.90. The minimum Gasteiger partial charge on any atom is -0.385 e. The van der Waals surface area contributed by atoms with Crippen LogP contribution in [0.15, 0.2) is 100 Å². The van der Waals surface area contributed by atoms with Crippen molar-refractivity contribution in [2.24, 2.45) is 10.8 Å². The number of fused-ring (bicyclic) bond motifs is 4. The first-order valence-corrected chi connectivity index (χ1v) is 12.6. The van der Waals surface area contributed by atoms with Gasteiger partial charge in [0.05, 0.1) is 16.2 Å². The molecule has 10 heteroatoms. The summed E-state index contributed by atoms with van der Waals surface area (Å²) in [6.07, 6.45) is 0. The van der Waals surface area contributed by atoms with Crippen LogP contribution in [0.1, 0.15) is 22.6 Å². The van der Waals surface area contributed by atoms with E-state index >= 15 is 0 Å². The largest absolute Gasteiger partial charge is 0.385 e. The van der Waals surface area contributed by atoms with Crippen molar-refractivity contribution in [3.63, 3.8) is 0 Å². The SMILES string of the molecule is NC1=C(C(=O)NN=C2c3ccccc3-c3ccccc32)C(c2ccc(F)cc2)C([N+](=O)[O-])=C2SCCN12. The Labute approximate surface area is 215 Å². The van der Waals surface area contributed by atoms with Crippen LogP contribution in [0.3, 0.4) is 0 Å². The first-order valence-electron chi connectivity index (χ1n) is 11.6. The first kappa shape index (κ1) is 23.0.